The summed E-state index contributed by atoms with van der Waals surface area (Å²) < 4.78 is 27.2. The van der Waals surface area contributed by atoms with Crippen molar-refractivity contribution in [2.24, 2.45) is 5.73 Å². The smallest absolute Gasteiger partial charge is 0.252 e. The Balaban J connectivity index is 2.25. The van der Waals surface area contributed by atoms with Crippen molar-refractivity contribution in [2.75, 3.05) is 33.2 Å². The van der Waals surface area contributed by atoms with Gasteiger partial charge in [-0.25, -0.2) is 8.42 Å². The summed E-state index contributed by atoms with van der Waals surface area (Å²) in [4.78, 5) is 3.12. The van der Waals surface area contributed by atoms with Crippen LogP contribution >= 0.6 is 11.3 Å². The third-order valence-corrected chi connectivity index (χ3v) is 7.06. The molecule has 0 aliphatic carbocycles. The van der Waals surface area contributed by atoms with Crippen LogP contribution in [0, 0.1) is 6.92 Å². The van der Waals surface area contributed by atoms with E-state index < -0.39 is 10.0 Å². The van der Waals surface area contributed by atoms with E-state index in [2.05, 4.69) is 4.90 Å². The van der Waals surface area contributed by atoms with Gasteiger partial charge in [0.2, 0.25) is 0 Å². The van der Waals surface area contributed by atoms with E-state index in [1.54, 1.807) is 10.4 Å². The Bertz CT molecular complexity index is 539. The van der Waals surface area contributed by atoms with E-state index >= 15 is 0 Å². The fraction of sp³-hybridized carbons (Fsp3) is 0.667. The van der Waals surface area contributed by atoms with E-state index in [-0.39, 0.29) is 0 Å². The van der Waals surface area contributed by atoms with Gasteiger partial charge < -0.3 is 10.6 Å². The lowest BCUT2D eigenvalue weighted by Gasteiger charge is -2.19. The lowest BCUT2D eigenvalue weighted by atomic mass is 10.3. The van der Waals surface area contributed by atoms with E-state index in [1.165, 1.54) is 11.3 Å². The van der Waals surface area contributed by atoms with Crippen molar-refractivity contribution < 1.29 is 8.42 Å². The molecule has 0 bridgehead atoms. The molecule has 19 heavy (non-hydrogen) atoms. The maximum Gasteiger partial charge on any atom is 0.252 e. The molecular weight excluding hydrogens is 282 g/mol. The van der Waals surface area contributed by atoms with Crippen LogP contribution in [0.1, 0.15) is 16.9 Å². The van der Waals surface area contributed by atoms with E-state index in [0.717, 1.165) is 30.0 Å². The highest BCUT2D eigenvalue weighted by Gasteiger charge is 2.28. The minimum atomic E-state index is -3.35. The quantitative estimate of drug-likeness (QED) is 0.898. The van der Waals surface area contributed by atoms with Gasteiger partial charge in [-0.3, -0.25) is 0 Å². The number of hydrogen-bond donors (Lipinski definition) is 1. The molecule has 108 valence electrons. The highest BCUT2D eigenvalue weighted by atomic mass is 32.2. The number of nitrogens with zero attached hydrogens (tertiary/aromatic N) is 2. The van der Waals surface area contributed by atoms with Crippen LogP contribution in [0.5, 0.6) is 0 Å². The minimum Gasteiger partial charge on any atom is -0.326 e. The molecule has 2 N–H and O–H groups in total. The Morgan fingerprint density at radius 2 is 2.05 bits per heavy atom. The maximum atomic E-state index is 12.6. The van der Waals surface area contributed by atoms with Crippen molar-refractivity contribution in [3.05, 3.63) is 16.5 Å². The topological polar surface area (TPSA) is 66.6 Å². The molecule has 1 aromatic heterocycles. The van der Waals surface area contributed by atoms with Crippen molar-refractivity contribution in [1.29, 1.82) is 0 Å². The van der Waals surface area contributed by atoms with E-state index in [4.69, 9.17) is 5.73 Å². The van der Waals surface area contributed by atoms with E-state index in [9.17, 15) is 8.42 Å². The van der Waals surface area contributed by atoms with Gasteiger partial charge in [-0.15, -0.1) is 11.3 Å². The SMILES string of the molecule is Cc1cc(S(=O)(=O)N2CCCN(C)CC2)sc1CN. The van der Waals surface area contributed by atoms with Crippen molar-refractivity contribution in [3.63, 3.8) is 0 Å². The zero-order chi connectivity index (χ0) is 14.0. The predicted octanol–water partition coefficient (Wildman–Crippen LogP) is 0.841. The molecule has 0 saturated carbocycles. The van der Waals surface area contributed by atoms with Crippen LogP contribution in [-0.2, 0) is 16.6 Å². The van der Waals surface area contributed by atoms with Gasteiger partial charge in [0.05, 0.1) is 0 Å². The summed E-state index contributed by atoms with van der Waals surface area (Å²) in [7, 11) is -1.33. The first kappa shape index (κ1) is 14.9. The van der Waals surface area contributed by atoms with Crippen molar-refractivity contribution in [3.8, 4) is 0 Å². The van der Waals surface area contributed by atoms with E-state index in [1.807, 2.05) is 14.0 Å². The fourth-order valence-corrected chi connectivity index (χ4v) is 5.30. The van der Waals surface area contributed by atoms with Crippen LogP contribution in [0.3, 0.4) is 0 Å². The second-order valence-corrected chi connectivity index (χ2v) is 8.24. The van der Waals surface area contributed by atoms with Gasteiger partial charge in [0, 0.05) is 31.1 Å². The highest BCUT2D eigenvalue weighted by Crippen LogP contribution is 2.28. The average Bonchev–Trinajstić information content (AvgIpc) is 2.60. The second-order valence-electron chi connectivity index (χ2n) is 4.94. The maximum absolute atomic E-state index is 12.6. The summed E-state index contributed by atoms with van der Waals surface area (Å²) in [5.74, 6) is 0. The standard InChI is InChI=1S/C12H21N3O2S2/c1-10-8-12(18-11(10)9-13)19(16,17)15-5-3-4-14(2)6-7-15/h8H,3-7,9,13H2,1-2H3. The van der Waals surface area contributed by atoms with Gasteiger partial charge in [0.15, 0.2) is 0 Å². The summed E-state index contributed by atoms with van der Waals surface area (Å²) in [6.07, 6.45) is 0.879. The third-order valence-electron chi connectivity index (χ3n) is 3.46. The molecule has 1 aliphatic heterocycles. The molecule has 0 unspecified atom stereocenters. The highest BCUT2D eigenvalue weighted by molar-refractivity contribution is 7.91. The summed E-state index contributed by atoms with van der Waals surface area (Å²) in [5, 5.41) is 0. The molecule has 1 aromatic rings. The lowest BCUT2D eigenvalue weighted by molar-refractivity contribution is 0.347. The van der Waals surface area contributed by atoms with Gasteiger partial charge >= 0.3 is 0 Å². The molecule has 0 spiro atoms. The number of hydrogen-bond acceptors (Lipinski definition) is 5. The van der Waals surface area contributed by atoms with Crippen molar-refractivity contribution >= 4 is 21.4 Å². The first-order chi connectivity index (χ1) is 8.95. The second kappa shape index (κ2) is 5.88. The van der Waals surface area contributed by atoms with Crippen LogP contribution < -0.4 is 5.73 Å². The average molecular weight is 303 g/mol. The molecule has 0 radical (unpaired) electrons. The van der Waals surface area contributed by atoms with Crippen LogP contribution in [0.2, 0.25) is 0 Å². The zero-order valence-corrected chi connectivity index (χ0v) is 13.1. The molecule has 7 heteroatoms. The molecule has 5 nitrogen and oxygen atoms in total. The molecule has 1 saturated heterocycles. The Kier molecular flexibility index (Phi) is 4.62. The summed E-state index contributed by atoms with van der Waals surface area (Å²) in [5.41, 5.74) is 6.59. The first-order valence-corrected chi connectivity index (χ1v) is 8.69. The Morgan fingerprint density at radius 1 is 1.32 bits per heavy atom. The number of aryl methyl sites for hydroxylation is 1. The molecule has 1 aliphatic rings. The molecule has 2 heterocycles. The van der Waals surface area contributed by atoms with Crippen LogP contribution in [-0.4, -0.2) is 50.8 Å². The molecule has 0 aromatic carbocycles. The van der Waals surface area contributed by atoms with Crippen molar-refractivity contribution in [1.82, 2.24) is 9.21 Å². The van der Waals surface area contributed by atoms with Crippen molar-refractivity contribution in [2.45, 2.75) is 24.1 Å². The number of thiophene rings is 1. The van der Waals surface area contributed by atoms with Crippen LogP contribution in [0.15, 0.2) is 10.3 Å². The molecular formula is C12H21N3O2S2. The summed E-state index contributed by atoms with van der Waals surface area (Å²) in [6, 6.07) is 1.75. The monoisotopic (exact) mass is 303 g/mol. The lowest BCUT2D eigenvalue weighted by Crippen LogP contribution is -2.34. The van der Waals surface area contributed by atoms with Crippen LogP contribution in [0.4, 0.5) is 0 Å². The first-order valence-electron chi connectivity index (χ1n) is 6.43. The van der Waals surface area contributed by atoms with Gasteiger partial charge in [-0.1, -0.05) is 0 Å². The third kappa shape index (κ3) is 3.17. The van der Waals surface area contributed by atoms with Gasteiger partial charge in [0.25, 0.3) is 10.0 Å². The molecule has 0 atom stereocenters. The Morgan fingerprint density at radius 3 is 2.68 bits per heavy atom. The van der Waals surface area contributed by atoms with Gasteiger partial charge in [0.1, 0.15) is 4.21 Å². The predicted molar refractivity (Wildman–Crippen MR) is 77.8 cm³/mol. The summed E-state index contributed by atoms with van der Waals surface area (Å²) in [6.45, 7) is 5.20. The number of rotatable bonds is 3. The van der Waals surface area contributed by atoms with Gasteiger partial charge in [-0.2, -0.15) is 4.31 Å². The Hall–Kier alpha value is -0.470. The number of nitrogens with two attached hydrogens (primary N) is 1. The molecule has 1 fully saturated rings. The largest absolute Gasteiger partial charge is 0.326 e. The van der Waals surface area contributed by atoms with E-state index in [0.29, 0.717) is 23.8 Å². The minimum absolute atomic E-state index is 0.398. The Labute approximate surface area is 119 Å². The molecule has 2 rings (SSSR count). The zero-order valence-electron chi connectivity index (χ0n) is 11.4. The molecule has 0 amide bonds. The summed E-state index contributed by atoms with van der Waals surface area (Å²) >= 11 is 1.30. The normalized spacial score (nSPS) is 19.5. The number of sulfonamides is 1. The van der Waals surface area contributed by atoms with Gasteiger partial charge in [-0.05, 0) is 38.6 Å². The van der Waals surface area contributed by atoms with Crippen LogP contribution in [0.25, 0.3) is 0 Å². The number of likely N-dealkylation sites (N-methyl/N-ethyl adjacent to an activating group) is 1. The fourth-order valence-electron chi connectivity index (χ4n) is 2.21.